The first-order chi connectivity index (χ1) is 9.36. The smallest absolute Gasteiger partial charge is 0.382 e. The van der Waals surface area contributed by atoms with Gasteiger partial charge in [-0.25, -0.2) is 4.39 Å². The lowest BCUT2D eigenvalue weighted by molar-refractivity contribution is -0.139. The first-order valence-electron chi connectivity index (χ1n) is 6.27. The van der Waals surface area contributed by atoms with E-state index in [0.29, 0.717) is 19.7 Å². The number of halogens is 4. The number of nitrogens with zero attached hydrogens (tertiary/aromatic N) is 1. The van der Waals surface area contributed by atoms with Crippen LogP contribution in [0, 0.1) is 5.82 Å². The average Bonchev–Trinajstić information content (AvgIpc) is 2.36. The van der Waals surface area contributed by atoms with Crippen LogP contribution < -0.4 is 5.32 Å². The predicted molar refractivity (Wildman–Crippen MR) is 67.1 cm³/mol. The first-order valence-corrected chi connectivity index (χ1v) is 6.27. The monoisotopic (exact) mass is 292 g/mol. The summed E-state index contributed by atoms with van der Waals surface area (Å²) < 4.78 is 56.4. The number of nitrogens with one attached hydrogen (secondary N) is 1. The molecule has 1 aliphatic rings. The Kier molecular flexibility index (Phi) is 4.49. The zero-order chi connectivity index (χ0) is 14.8. The van der Waals surface area contributed by atoms with Crippen LogP contribution in [0.1, 0.15) is 5.56 Å². The molecule has 1 saturated heterocycles. The van der Waals surface area contributed by atoms with Gasteiger partial charge in [-0.1, -0.05) is 0 Å². The third-order valence-corrected chi connectivity index (χ3v) is 3.15. The number of hydrogen-bond acceptors (Lipinski definition) is 3. The summed E-state index contributed by atoms with van der Waals surface area (Å²) in [6, 6.07) is 2.89. The summed E-state index contributed by atoms with van der Waals surface area (Å²) in [5.41, 5.74) is -1.03. The number of morpholine rings is 1. The molecule has 0 bridgehead atoms. The highest BCUT2D eigenvalue weighted by molar-refractivity contribution is 5.47. The summed E-state index contributed by atoms with van der Waals surface area (Å²) in [4.78, 5) is 2.08. The molecule has 2 rings (SSSR count). The zero-order valence-corrected chi connectivity index (χ0v) is 11.0. The number of rotatable bonds is 3. The highest BCUT2D eigenvalue weighted by Gasteiger charge is 2.34. The van der Waals surface area contributed by atoms with Gasteiger partial charge in [0.05, 0.1) is 18.3 Å². The Morgan fingerprint density at radius 1 is 1.40 bits per heavy atom. The van der Waals surface area contributed by atoms with Crippen molar-refractivity contribution in [2.75, 3.05) is 38.6 Å². The van der Waals surface area contributed by atoms with Crippen LogP contribution in [0.2, 0.25) is 0 Å². The lowest BCUT2D eigenvalue weighted by atomic mass is 10.1. The molecular weight excluding hydrogens is 276 g/mol. The molecular formula is C13H16F4N2O. The number of alkyl halides is 3. The molecule has 0 spiro atoms. The van der Waals surface area contributed by atoms with Gasteiger partial charge in [0.25, 0.3) is 0 Å². The molecule has 1 aromatic carbocycles. The average molecular weight is 292 g/mol. The van der Waals surface area contributed by atoms with Gasteiger partial charge in [0.15, 0.2) is 0 Å². The summed E-state index contributed by atoms with van der Waals surface area (Å²) >= 11 is 0. The van der Waals surface area contributed by atoms with Gasteiger partial charge < -0.3 is 15.0 Å². The SMILES string of the molecule is CN1CCOC(CNc2ccc(F)c(C(F)(F)F)c2)C1. The number of benzene rings is 1. The molecule has 1 fully saturated rings. The van der Waals surface area contributed by atoms with Gasteiger partial charge in [-0.3, -0.25) is 0 Å². The maximum Gasteiger partial charge on any atom is 0.419 e. The summed E-state index contributed by atoms with van der Waals surface area (Å²) in [6.07, 6.45) is -4.78. The van der Waals surface area contributed by atoms with Crippen LogP contribution in [0.4, 0.5) is 23.2 Å². The summed E-state index contributed by atoms with van der Waals surface area (Å²) in [6.45, 7) is 2.53. The van der Waals surface area contributed by atoms with E-state index in [9.17, 15) is 17.6 Å². The van der Waals surface area contributed by atoms with Crippen LogP contribution in [0.3, 0.4) is 0 Å². The highest BCUT2D eigenvalue weighted by atomic mass is 19.4. The lowest BCUT2D eigenvalue weighted by Gasteiger charge is -2.30. The van der Waals surface area contributed by atoms with Crippen molar-refractivity contribution in [2.45, 2.75) is 12.3 Å². The van der Waals surface area contributed by atoms with Crippen LogP contribution in [-0.4, -0.2) is 44.3 Å². The molecule has 20 heavy (non-hydrogen) atoms. The molecule has 1 aliphatic heterocycles. The van der Waals surface area contributed by atoms with Crippen molar-refractivity contribution in [1.82, 2.24) is 4.90 Å². The second-order valence-corrected chi connectivity index (χ2v) is 4.83. The minimum absolute atomic E-state index is 0.0897. The molecule has 0 aliphatic carbocycles. The Bertz CT molecular complexity index is 464. The largest absolute Gasteiger partial charge is 0.419 e. The number of anilines is 1. The highest BCUT2D eigenvalue weighted by Crippen LogP contribution is 2.32. The maximum absolute atomic E-state index is 13.1. The molecule has 0 amide bonds. The molecule has 112 valence electrons. The lowest BCUT2D eigenvalue weighted by Crippen LogP contribution is -2.43. The second kappa shape index (κ2) is 5.97. The van der Waals surface area contributed by atoms with E-state index in [-0.39, 0.29) is 11.8 Å². The van der Waals surface area contributed by atoms with E-state index in [4.69, 9.17) is 4.74 Å². The van der Waals surface area contributed by atoms with E-state index in [1.54, 1.807) is 0 Å². The van der Waals surface area contributed by atoms with E-state index >= 15 is 0 Å². The van der Waals surface area contributed by atoms with Crippen molar-refractivity contribution in [2.24, 2.45) is 0 Å². The normalized spacial score (nSPS) is 20.9. The van der Waals surface area contributed by atoms with Crippen LogP contribution in [-0.2, 0) is 10.9 Å². The van der Waals surface area contributed by atoms with Gasteiger partial charge in [-0.2, -0.15) is 13.2 Å². The van der Waals surface area contributed by atoms with E-state index in [0.717, 1.165) is 18.7 Å². The minimum atomic E-state index is -4.69. The summed E-state index contributed by atoms with van der Waals surface area (Å²) in [5, 5.41) is 2.86. The van der Waals surface area contributed by atoms with Gasteiger partial charge in [0.1, 0.15) is 5.82 Å². The van der Waals surface area contributed by atoms with Gasteiger partial charge in [0.2, 0.25) is 0 Å². The molecule has 1 aromatic rings. The molecule has 0 saturated carbocycles. The number of hydrogen-bond donors (Lipinski definition) is 1. The standard InChI is InChI=1S/C13H16F4N2O/c1-19-4-5-20-10(8-19)7-18-9-2-3-12(14)11(6-9)13(15,16)17/h2-3,6,10,18H,4-5,7-8H2,1H3. The molecule has 7 heteroatoms. The molecule has 1 unspecified atom stereocenters. The van der Waals surface area contributed by atoms with Crippen molar-refractivity contribution < 1.29 is 22.3 Å². The quantitative estimate of drug-likeness (QED) is 0.867. The van der Waals surface area contributed by atoms with Crippen LogP contribution in [0.25, 0.3) is 0 Å². The molecule has 1 N–H and O–H groups in total. The van der Waals surface area contributed by atoms with Gasteiger partial charge in [-0.15, -0.1) is 0 Å². The Labute approximate surface area is 114 Å². The van der Waals surface area contributed by atoms with Crippen molar-refractivity contribution in [3.05, 3.63) is 29.6 Å². The summed E-state index contributed by atoms with van der Waals surface area (Å²) in [5.74, 6) is -1.27. The minimum Gasteiger partial charge on any atom is -0.382 e. The third-order valence-electron chi connectivity index (χ3n) is 3.15. The molecule has 0 radical (unpaired) electrons. The molecule has 1 atom stereocenters. The van der Waals surface area contributed by atoms with E-state index in [2.05, 4.69) is 10.2 Å². The maximum atomic E-state index is 13.1. The Morgan fingerprint density at radius 2 is 2.15 bits per heavy atom. The van der Waals surface area contributed by atoms with Crippen LogP contribution >= 0.6 is 0 Å². The topological polar surface area (TPSA) is 24.5 Å². The van der Waals surface area contributed by atoms with Crippen LogP contribution in [0.5, 0.6) is 0 Å². The number of likely N-dealkylation sites (N-methyl/N-ethyl adjacent to an activating group) is 1. The second-order valence-electron chi connectivity index (χ2n) is 4.83. The summed E-state index contributed by atoms with van der Waals surface area (Å²) in [7, 11) is 1.95. The Morgan fingerprint density at radius 3 is 2.80 bits per heavy atom. The first kappa shape index (κ1) is 15.1. The van der Waals surface area contributed by atoms with Crippen molar-refractivity contribution in [3.8, 4) is 0 Å². The van der Waals surface area contributed by atoms with Gasteiger partial charge in [0, 0.05) is 25.3 Å². The fraction of sp³-hybridized carbons (Fsp3) is 0.538. The van der Waals surface area contributed by atoms with E-state index < -0.39 is 17.6 Å². The van der Waals surface area contributed by atoms with Crippen molar-refractivity contribution >= 4 is 5.69 Å². The zero-order valence-electron chi connectivity index (χ0n) is 11.0. The number of ether oxygens (including phenoxy) is 1. The fourth-order valence-corrected chi connectivity index (χ4v) is 2.07. The molecule has 0 aromatic heterocycles. The Hall–Kier alpha value is -1.34. The third kappa shape index (κ3) is 3.83. The van der Waals surface area contributed by atoms with Crippen molar-refractivity contribution in [1.29, 1.82) is 0 Å². The fourth-order valence-electron chi connectivity index (χ4n) is 2.07. The van der Waals surface area contributed by atoms with Crippen molar-refractivity contribution in [3.63, 3.8) is 0 Å². The van der Waals surface area contributed by atoms with E-state index in [1.165, 1.54) is 6.07 Å². The molecule has 1 heterocycles. The molecule has 3 nitrogen and oxygen atoms in total. The van der Waals surface area contributed by atoms with Crippen LogP contribution in [0.15, 0.2) is 18.2 Å². The Balaban J connectivity index is 1.99. The van der Waals surface area contributed by atoms with Gasteiger partial charge in [-0.05, 0) is 25.2 Å². The van der Waals surface area contributed by atoms with E-state index in [1.807, 2.05) is 7.05 Å². The predicted octanol–water partition coefficient (Wildman–Crippen LogP) is 2.59. The van der Waals surface area contributed by atoms with Gasteiger partial charge >= 0.3 is 6.18 Å².